The van der Waals surface area contributed by atoms with Crippen molar-refractivity contribution in [3.8, 4) is 0 Å². The zero-order valence-electron chi connectivity index (χ0n) is 24.4. The first kappa shape index (κ1) is 35.8. The van der Waals surface area contributed by atoms with Crippen molar-refractivity contribution in [3.63, 3.8) is 0 Å². The maximum absolute atomic E-state index is 16.1. The minimum Gasteiger partial charge on any atom is -0.233 e. The van der Waals surface area contributed by atoms with Gasteiger partial charge in [-0.05, 0) is 73.0 Å². The second kappa shape index (κ2) is 21.7. The lowest BCUT2D eigenvalue weighted by Gasteiger charge is -2.44. The van der Waals surface area contributed by atoms with Gasteiger partial charge in [0.05, 0.1) is 0 Å². The highest BCUT2D eigenvalue weighted by Crippen LogP contribution is 2.73. The van der Waals surface area contributed by atoms with E-state index in [-0.39, 0.29) is 0 Å². The van der Waals surface area contributed by atoms with Crippen molar-refractivity contribution in [2.75, 3.05) is 34.5 Å². The Morgan fingerprint density at radius 2 is 0.686 bits per heavy atom. The van der Waals surface area contributed by atoms with Crippen molar-refractivity contribution >= 4 is 28.5 Å². The summed E-state index contributed by atoms with van der Waals surface area (Å²) in [5.41, 5.74) is 0. The van der Waals surface area contributed by atoms with E-state index in [0.717, 1.165) is 137 Å². The van der Waals surface area contributed by atoms with Crippen LogP contribution in [-0.4, -0.2) is 34.5 Å². The Bertz CT molecular complexity index is 474. The molecule has 0 rings (SSSR count). The molecule has 0 fully saturated rings. The highest BCUT2D eigenvalue weighted by Gasteiger charge is 2.41. The third-order valence-corrected chi connectivity index (χ3v) is 16.9. The summed E-state index contributed by atoms with van der Waals surface area (Å²) >= 11 is 0. The minimum atomic E-state index is -4.64. The highest BCUT2D eigenvalue weighted by molar-refractivity contribution is 8.33. The van der Waals surface area contributed by atoms with Gasteiger partial charge in [-0.2, -0.15) is 0 Å². The van der Waals surface area contributed by atoms with Crippen LogP contribution in [0.2, 0.25) is 0 Å². The van der Waals surface area contributed by atoms with Gasteiger partial charge in [-0.15, -0.1) is 24.8 Å². The molecule has 0 radical (unpaired) electrons. The van der Waals surface area contributed by atoms with E-state index in [0.29, 0.717) is 0 Å². The second-order valence-electron chi connectivity index (χ2n) is 10.3. The average molecular weight is 561 g/mol. The maximum Gasteiger partial charge on any atom is 0.532 e. The summed E-state index contributed by atoms with van der Waals surface area (Å²) in [4.78, 5) is 0. The molecular formula is C28H62FO3PS2. The van der Waals surface area contributed by atoms with Gasteiger partial charge in [0.15, 0.2) is 0 Å². The van der Waals surface area contributed by atoms with Crippen molar-refractivity contribution in [1.29, 1.82) is 0 Å². The molecule has 0 atom stereocenters. The molecule has 0 aliphatic carbocycles. The zero-order chi connectivity index (χ0) is 26.5. The third kappa shape index (κ3) is 17.1. The largest absolute Gasteiger partial charge is 0.532 e. The Labute approximate surface area is 223 Å². The van der Waals surface area contributed by atoms with Crippen molar-refractivity contribution < 1.29 is 16.7 Å². The molecule has 0 bridgehead atoms. The molecule has 0 spiro atoms. The molecule has 0 amide bonds. The molecule has 0 unspecified atom stereocenters. The molecule has 0 aromatic heterocycles. The lowest BCUT2D eigenvalue weighted by molar-refractivity contribution is 0.363. The number of rotatable bonds is 26. The summed E-state index contributed by atoms with van der Waals surface area (Å²) in [6, 6.07) is 0. The minimum absolute atomic E-state index is 0.858. The topological polar surface area (TPSA) is 35.5 Å². The normalized spacial score (nSPS) is 13.9. The fourth-order valence-corrected chi connectivity index (χ4v) is 15.4. The van der Waals surface area contributed by atoms with Crippen LogP contribution in [0.1, 0.15) is 144 Å². The van der Waals surface area contributed by atoms with Gasteiger partial charge < -0.3 is 0 Å². The lowest BCUT2D eigenvalue weighted by atomic mass is 10.3. The predicted molar refractivity (Wildman–Crippen MR) is 163 cm³/mol. The monoisotopic (exact) mass is 560 g/mol. The molecule has 0 saturated carbocycles. The van der Waals surface area contributed by atoms with Crippen LogP contribution in [0.4, 0.5) is 4.20 Å². The van der Waals surface area contributed by atoms with E-state index in [1.54, 1.807) is 0 Å². The van der Waals surface area contributed by atoms with Crippen LogP contribution in [0.3, 0.4) is 0 Å². The van der Waals surface area contributed by atoms with Crippen molar-refractivity contribution in [3.05, 3.63) is 0 Å². The van der Waals surface area contributed by atoms with Crippen LogP contribution in [0.25, 0.3) is 0 Å². The van der Waals surface area contributed by atoms with E-state index in [1.165, 1.54) is 0 Å². The maximum atomic E-state index is 16.1. The molecule has 35 heavy (non-hydrogen) atoms. The average Bonchev–Trinajstić information content (AvgIpc) is 2.81. The van der Waals surface area contributed by atoms with Gasteiger partial charge in [-0.1, -0.05) is 106 Å². The Balaban J connectivity index is 5.91. The summed E-state index contributed by atoms with van der Waals surface area (Å²) in [7, 11) is -8.14. The Morgan fingerprint density at radius 3 is 0.914 bits per heavy atom. The highest BCUT2D eigenvalue weighted by atomic mass is 32.3. The number of hydrogen-bond acceptors (Lipinski definition) is 3. The van der Waals surface area contributed by atoms with Gasteiger partial charge in [0.1, 0.15) is 0 Å². The molecule has 0 heterocycles. The Morgan fingerprint density at radius 1 is 0.457 bits per heavy atom. The first-order valence-corrected chi connectivity index (χ1v) is 20.6. The zero-order valence-corrected chi connectivity index (χ0v) is 27.0. The molecule has 0 N–H and O–H groups in total. The van der Waals surface area contributed by atoms with Gasteiger partial charge >= 0.3 is 7.91 Å². The molecule has 0 aromatic carbocycles. The fourth-order valence-electron chi connectivity index (χ4n) is 4.50. The molecular weight excluding hydrogens is 498 g/mol. The summed E-state index contributed by atoms with van der Waals surface area (Å²) in [6.07, 6.45) is 17.2. The van der Waals surface area contributed by atoms with E-state index < -0.39 is 28.5 Å². The summed E-state index contributed by atoms with van der Waals surface area (Å²) < 4.78 is 42.2. The molecule has 0 aromatic rings. The first-order chi connectivity index (χ1) is 16.8. The molecule has 7 heteroatoms. The molecule has 0 aliphatic rings. The number of unbranched alkanes of at least 4 members (excludes halogenated alkanes) is 10. The smallest absolute Gasteiger partial charge is 0.233 e. The van der Waals surface area contributed by atoms with Crippen LogP contribution in [0.15, 0.2) is 0 Å². The molecule has 0 aliphatic heterocycles. The van der Waals surface area contributed by atoms with Gasteiger partial charge in [-0.3, -0.25) is 0 Å². The van der Waals surface area contributed by atoms with Crippen molar-refractivity contribution in [2.24, 2.45) is 0 Å². The molecule has 216 valence electrons. The SMILES string of the molecule is CCCCCS(CCCC)(CCCCC)OP(=O)(F)OS(CCCC)(CCCCC)CCCCC. The van der Waals surface area contributed by atoms with E-state index >= 15 is 4.20 Å². The summed E-state index contributed by atoms with van der Waals surface area (Å²) in [6.45, 7) is 13.1. The standard InChI is InChI=1S/C28H62FO3PS2/c1-7-13-19-25-34(23-17-11-5,26-20-14-8-2)31-33(29,30)32-35(24-18-12-6,27-21-15-9-3)28-22-16-10-4/h7-28H2,1-6H3. The van der Waals surface area contributed by atoms with Crippen LogP contribution < -0.4 is 0 Å². The Hall–Kier alpha value is 0.780. The van der Waals surface area contributed by atoms with Crippen LogP contribution >= 0.6 is 28.5 Å². The van der Waals surface area contributed by atoms with Crippen LogP contribution in [-0.2, 0) is 12.5 Å². The number of hydrogen-bond donors (Lipinski definition) is 0. The van der Waals surface area contributed by atoms with Crippen LogP contribution in [0.5, 0.6) is 0 Å². The number of halogens is 1. The van der Waals surface area contributed by atoms with E-state index in [9.17, 15) is 4.57 Å². The van der Waals surface area contributed by atoms with Crippen molar-refractivity contribution in [1.82, 2.24) is 0 Å². The summed E-state index contributed by atoms with van der Waals surface area (Å²) in [5.74, 6) is 5.18. The van der Waals surface area contributed by atoms with E-state index in [1.807, 2.05) is 0 Å². The third-order valence-electron chi connectivity index (χ3n) is 6.71. The van der Waals surface area contributed by atoms with Gasteiger partial charge in [0, 0.05) is 0 Å². The Kier molecular flexibility index (Phi) is 22.2. The molecule has 0 saturated heterocycles. The van der Waals surface area contributed by atoms with Gasteiger partial charge in [0.2, 0.25) is 0 Å². The van der Waals surface area contributed by atoms with Gasteiger partial charge in [0.25, 0.3) is 0 Å². The predicted octanol–water partition coefficient (Wildman–Crippen LogP) is 11.9. The fraction of sp³-hybridized carbons (Fsp3) is 1.00. The quantitative estimate of drug-likeness (QED) is 0.0779. The lowest BCUT2D eigenvalue weighted by Crippen LogP contribution is -2.20. The first-order valence-electron chi connectivity index (χ1n) is 15.0. The van der Waals surface area contributed by atoms with Gasteiger partial charge in [-0.25, -0.2) is 12.5 Å². The van der Waals surface area contributed by atoms with Crippen molar-refractivity contribution in [2.45, 2.75) is 144 Å². The van der Waals surface area contributed by atoms with Crippen LogP contribution in [0, 0.1) is 0 Å². The van der Waals surface area contributed by atoms with E-state index in [2.05, 4.69) is 41.5 Å². The van der Waals surface area contributed by atoms with E-state index in [4.69, 9.17) is 7.94 Å². The second-order valence-corrected chi connectivity index (χ2v) is 18.6. The molecule has 3 nitrogen and oxygen atoms in total. The summed E-state index contributed by atoms with van der Waals surface area (Å²) in [5, 5.41) is 0.